The Kier molecular flexibility index (Phi) is 5.66. The zero-order valence-electron chi connectivity index (χ0n) is 16.0. The van der Waals surface area contributed by atoms with Gasteiger partial charge in [0.05, 0.1) is 31.1 Å². The lowest BCUT2D eigenvalue weighted by Crippen LogP contribution is -2.37. The third-order valence-corrected chi connectivity index (χ3v) is 4.51. The molecule has 0 bridgehead atoms. The zero-order valence-corrected chi connectivity index (χ0v) is 16.0. The van der Waals surface area contributed by atoms with E-state index in [9.17, 15) is 4.79 Å². The summed E-state index contributed by atoms with van der Waals surface area (Å²) in [6, 6.07) is -0.369. The molecule has 1 atom stereocenters. The van der Waals surface area contributed by atoms with Gasteiger partial charge in [-0.05, 0) is 34.6 Å². The number of urea groups is 1. The summed E-state index contributed by atoms with van der Waals surface area (Å²) < 4.78 is 7.22. The molecule has 0 spiro atoms. The van der Waals surface area contributed by atoms with E-state index in [0.29, 0.717) is 6.54 Å². The highest BCUT2D eigenvalue weighted by molar-refractivity contribution is 5.74. The molecule has 0 fully saturated rings. The first kappa shape index (κ1) is 18.8. The molecule has 2 amide bonds. The molecule has 0 aliphatic heterocycles. The average Bonchev–Trinajstić information content (AvgIpc) is 2.79. The largest absolute Gasteiger partial charge is 0.496 e. The lowest BCUT2D eigenvalue weighted by atomic mass is 10.1. The van der Waals surface area contributed by atoms with E-state index in [2.05, 4.69) is 20.7 Å². The van der Waals surface area contributed by atoms with Crippen LogP contribution in [0.3, 0.4) is 0 Å². The molecule has 2 aromatic heterocycles. The predicted octanol–water partition coefficient (Wildman–Crippen LogP) is 2.62. The summed E-state index contributed by atoms with van der Waals surface area (Å²) in [6.07, 6.45) is 1.76. The first-order chi connectivity index (χ1) is 11.8. The summed E-state index contributed by atoms with van der Waals surface area (Å²) in [5.41, 5.74) is 5.72. The Morgan fingerprint density at radius 1 is 1.32 bits per heavy atom. The van der Waals surface area contributed by atoms with E-state index in [4.69, 9.17) is 4.74 Å². The Labute approximate surface area is 148 Å². The summed E-state index contributed by atoms with van der Waals surface area (Å²) in [6.45, 7) is 10.1. The fourth-order valence-corrected chi connectivity index (χ4v) is 3.15. The highest BCUT2D eigenvalue weighted by atomic mass is 16.5. The SMILES string of the molecule is COc1c(C)cnc(CNC(=O)NC(C)c2c(C)nn(C)c2C)c1C. The molecule has 2 aromatic rings. The van der Waals surface area contributed by atoms with Crippen LogP contribution in [0.15, 0.2) is 6.20 Å². The number of carbonyl (C=O) groups excluding carboxylic acids is 1. The number of aromatic nitrogens is 3. The van der Waals surface area contributed by atoms with Gasteiger partial charge in [0.1, 0.15) is 5.75 Å². The standard InChI is InChI=1S/C18H27N5O2/c1-10-8-19-15(11(2)17(10)25-7)9-20-18(24)21-12(3)16-13(4)22-23(6)14(16)5/h8,12H,9H2,1-7H3,(H2,20,21,24). The van der Waals surface area contributed by atoms with Crippen molar-refractivity contribution in [2.45, 2.75) is 47.2 Å². The van der Waals surface area contributed by atoms with Crippen LogP contribution < -0.4 is 15.4 Å². The lowest BCUT2D eigenvalue weighted by Gasteiger charge is -2.16. The van der Waals surface area contributed by atoms with Crippen LogP contribution in [0.2, 0.25) is 0 Å². The van der Waals surface area contributed by atoms with Crippen molar-refractivity contribution in [3.05, 3.63) is 40.0 Å². The van der Waals surface area contributed by atoms with Crippen molar-refractivity contribution < 1.29 is 9.53 Å². The normalized spacial score (nSPS) is 12.0. The maximum absolute atomic E-state index is 12.3. The Bertz CT molecular complexity index is 782. The fraction of sp³-hybridized carbons (Fsp3) is 0.500. The Balaban J connectivity index is 2.02. The molecule has 7 nitrogen and oxygen atoms in total. The topological polar surface area (TPSA) is 81.1 Å². The second-order valence-corrected chi connectivity index (χ2v) is 6.30. The number of ether oxygens (including phenoxy) is 1. The third kappa shape index (κ3) is 3.92. The van der Waals surface area contributed by atoms with Gasteiger partial charge in [-0.2, -0.15) is 5.10 Å². The van der Waals surface area contributed by atoms with Crippen molar-refractivity contribution in [2.24, 2.45) is 7.05 Å². The molecule has 0 aliphatic carbocycles. The maximum atomic E-state index is 12.3. The molecule has 0 aliphatic rings. The van der Waals surface area contributed by atoms with Gasteiger partial charge < -0.3 is 15.4 Å². The molecule has 2 N–H and O–H groups in total. The van der Waals surface area contributed by atoms with E-state index < -0.39 is 0 Å². The van der Waals surface area contributed by atoms with Crippen LogP contribution in [0.1, 0.15) is 46.7 Å². The molecule has 136 valence electrons. The summed E-state index contributed by atoms with van der Waals surface area (Å²) >= 11 is 0. The number of carbonyl (C=O) groups is 1. The minimum atomic E-state index is -0.240. The van der Waals surface area contributed by atoms with Crippen LogP contribution in [0.4, 0.5) is 4.79 Å². The molecular weight excluding hydrogens is 318 g/mol. The van der Waals surface area contributed by atoms with Crippen LogP contribution in [0, 0.1) is 27.7 Å². The van der Waals surface area contributed by atoms with Gasteiger partial charge in [-0.1, -0.05) is 0 Å². The molecule has 0 radical (unpaired) electrons. The second kappa shape index (κ2) is 7.55. The van der Waals surface area contributed by atoms with Crippen molar-refractivity contribution in [3.63, 3.8) is 0 Å². The van der Waals surface area contributed by atoms with Crippen LogP contribution in [-0.2, 0) is 13.6 Å². The van der Waals surface area contributed by atoms with E-state index in [1.165, 1.54) is 0 Å². The number of amides is 2. The van der Waals surface area contributed by atoms with Crippen molar-refractivity contribution in [2.75, 3.05) is 7.11 Å². The van der Waals surface area contributed by atoms with Crippen LogP contribution in [-0.4, -0.2) is 27.9 Å². The van der Waals surface area contributed by atoms with Gasteiger partial charge in [-0.3, -0.25) is 9.67 Å². The summed E-state index contributed by atoms with van der Waals surface area (Å²) in [7, 11) is 3.54. The fourth-order valence-electron chi connectivity index (χ4n) is 3.15. The third-order valence-electron chi connectivity index (χ3n) is 4.51. The Morgan fingerprint density at radius 3 is 2.56 bits per heavy atom. The van der Waals surface area contributed by atoms with E-state index in [0.717, 1.165) is 39.5 Å². The molecule has 2 heterocycles. The van der Waals surface area contributed by atoms with E-state index >= 15 is 0 Å². The number of nitrogens with one attached hydrogen (secondary N) is 2. The number of nitrogens with zero attached hydrogens (tertiary/aromatic N) is 3. The van der Waals surface area contributed by atoms with Crippen LogP contribution in [0.25, 0.3) is 0 Å². The van der Waals surface area contributed by atoms with Gasteiger partial charge in [-0.25, -0.2) is 4.79 Å². The zero-order chi connectivity index (χ0) is 18.7. The lowest BCUT2D eigenvalue weighted by molar-refractivity contribution is 0.237. The summed E-state index contributed by atoms with van der Waals surface area (Å²) in [5, 5.41) is 10.2. The molecule has 1 unspecified atom stereocenters. The monoisotopic (exact) mass is 345 g/mol. The summed E-state index contributed by atoms with van der Waals surface area (Å²) in [4.78, 5) is 16.6. The minimum absolute atomic E-state index is 0.129. The van der Waals surface area contributed by atoms with Gasteiger partial charge in [0.2, 0.25) is 0 Å². The number of rotatable bonds is 5. The van der Waals surface area contributed by atoms with E-state index in [1.807, 2.05) is 46.3 Å². The quantitative estimate of drug-likeness (QED) is 0.873. The maximum Gasteiger partial charge on any atom is 0.315 e. The van der Waals surface area contributed by atoms with Gasteiger partial charge in [0, 0.05) is 35.6 Å². The minimum Gasteiger partial charge on any atom is -0.496 e. The molecular formula is C18H27N5O2. The van der Waals surface area contributed by atoms with Crippen molar-refractivity contribution in [3.8, 4) is 5.75 Å². The second-order valence-electron chi connectivity index (χ2n) is 6.30. The van der Waals surface area contributed by atoms with Crippen LogP contribution >= 0.6 is 0 Å². The number of hydrogen-bond acceptors (Lipinski definition) is 4. The molecule has 0 aromatic carbocycles. The summed E-state index contributed by atoms with van der Waals surface area (Å²) in [5.74, 6) is 0.808. The predicted molar refractivity (Wildman–Crippen MR) is 96.7 cm³/mol. The molecule has 0 saturated heterocycles. The number of hydrogen-bond donors (Lipinski definition) is 2. The highest BCUT2D eigenvalue weighted by Gasteiger charge is 2.18. The van der Waals surface area contributed by atoms with Crippen molar-refractivity contribution in [1.29, 1.82) is 0 Å². The van der Waals surface area contributed by atoms with Crippen molar-refractivity contribution >= 4 is 6.03 Å². The number of pyridine rings is 1. The molecule has 0 saturated carbocycles. The number of methoxy groups -OCH3 is 1. The highest BCUT2D eigenvalue weighted by Crippen LogP contribution is 2.24. The van der Waals surface area contributed by atoms with Gasteiger partial charge >= 0.3 is 6.03 Å². The molecule has 2 rings (SSSR count). The van der Waals surface area contributed by atoms with E-state index in [-0.39, 0.29) is 12.1 Å². The Morgan fingerprint density at radius 2 is 2.00 bits per heavy atom. The van der Waals surface area contributed by atoms with Gasteiger partial charge in [0.15, 0.2) is 0 Å². The molecule has 7 heteroatoms. The van der Waals surface area contributed by atoms with Crippen molar-refractivity contribution in [1.82, 2.24) is 25.4 Å². The average molecular weight is 345 g/mol. The van der Waals surface area contributed by atoms with E-state index in [1.54, 1.807) is 13.3 Å². The van der Waals surface area contributed by atoms with Gasteiger partial charge in [-0.15, -0.1) is 0 Å². The first-order valence-corrected chi connectivity index (χ1v) is 8.29. The Hall–Kier alpha value is -2.57. The van der Waals surface area contributed by atoms with Gasteiger partial charge in [0.25, 0.3) is 0 Å². The van der Waals surface area contributed by atoms with Crippen LogP contribution in [0.5, 0.6) is 5.75 Å². The number of aryl methyl sites for hydroxylation is 3. The smallest absolute Gasteiger partial charge is 0.315 e. The molecule has 25 heavy (non-hydrogen) atoms. The first-order valence-electron chi connectivity index (χ1n) is 8.29.